The molecule has 0 saturated carbocycles. The second kappa shape index (κ2) is 30.0. The van der Waals surface area contributed by atoms with Crippen LogP contribution in [0, 0.1) is 0 Å². The Bertz CT molecular complexity index is 11100. The van der Waals surface area contributed by atoms with Crippen molar-refractivity contribution in [1.29, 1.82) is 0 Å². The van der Waals surface area contributed by atoms with Gasteiger partial charge in [0.1, 0.15) is 23.0 Å². The molecule has 6 heteroatoms. The number of hydrogen-bond donors (Lipinski definition) is 0. The summed E-state index contributed by atoms with van der Waals surface area (Å²) in [6.45, 7) is 0. The summed E-state index contributed by atoms with van der Waals surface area (Å²) in [5.74, 6) is -3.65. The smallest absolute Gasteiger partial charge is 0.143 e. The lowest BCUT2D eigenvalue weighted by molar-refractivity contribution is 0.599. The third-order valence-electron chi connectivity index (χ3n) is 21.0. The van der Waals surface area contributed by atoms with Crippen molar-refractivity contribution >= 4 is 108 Å². The van der Waals surface area contributed by atoms with E-state index in [4.69, 9.17) is 51.7 Å². The Labute approximate surface area is 768 Å². The van der Waals surface area contributed by atoms with Gasteiger partial charge >= 0.3 is 0 Å². The van der Waals surface area contributed by atoms with Crippen molar-refractivity contribution in [3.8, 4) is 135 Å². The van der Waals surface area contributed by atoms with E-state index in [1.807, 2.05) is 72.8 Å². The van der Waals surface area contributed by atoms with E-state index in [-0.39, 0.29) is 22.3 Å². The van der Waals surface area contributed by atoms with Crippen molar-refractivity contribution in [3.05, 3.63) is 436 Å². The first-order chi connectivity index (χ1) is 79.7. The number of fused-ring (bicyclic) bond motifs is 14. The molecule has 24 aromatic rings. The first-order valence-corrected chi connectivity index (χ1v) is 37.7. The molecule has 0 aliphatic rings. The molecule has 24 rings (SSSR count). The van der Waals surface area contributed by atoms with E-state index in [2.05, 4.69) is 9.97 Å². The molecule has 568 valence electrons. The summed E-state index contributed by atoms with van der Waals surface area (Å²) in [5.41, 5.74) is -5.12. The molecular formula is C116H72N4O2. The van der Waals surface area contributed by atoms with E-state index >= 15 is 0 Å². The van der Waals surface area contributed by atoms with Gasteiger partial charge in [0.2, 0.25) is 0 Å². The van der Waals surface area contributed by atoms with E-state index in [0.717, 1.165) is 21.5 Å². The molecule has 0 N–H and O–H groups in total. The average Bonchev–Trinajstić information content (AvgIpc) is 1.30. The van der Waals surface area contributed by atoms with Crippen molar-refractivity contribution in [2.24, 2.45) is 0 Å². The van der Waals surface area contributed by atoms with Gasteiger partial charge in [-0.05, 0) is 152 Å². The molecule has 6 aromatic heterocycles. The summed E-state index contributed by atoms with van der Waals surface area (Å²) >= 11 is 0. The Balaban J connectivity index is 0.000000179. The molecule has 18 aromatic carbocycles. The highest BCUT2D eigenvalue weighted by molar-refractivity contribution is 6.19. The lowest BCUT2D eigenvalue weighted by Gasteiger charge is -2.14. The van der Waals surface area contributed by atoms with Crippen LogP contribution in [0.1, 0.15) is 63.1 Å². The van der Waals surface area contributed by atoms with E-state index in [9.17, 15) is 30.2 Å². The number of benzene rings is 18. The highest BCUT2D eigenvalue weighted by Crippen LogP contribution is 2.54. The van der Waals surface area contributed by atoms with E-state index in [1.54, 1.807) is 85.2 Å². The molecule has 122 heavy (non-hydrogen) atoms. The predicted molar refractivity (Wildman–Crippen MR) is 509 cm³/mol. The standard InChI is InChI=1S/2C58H36N2O/c1-3-15-37(16-4-1)53-54(57(40-17-5-2-6-18-40)61-58(53)51-36-42-19-7-8-23-44(42)46-24-10-12-27-49(46)51)43-21-13-20-41(35-43)45-31-32-50(48-26-11-9-25-47(45)48)52-33-30-39-29-28-38-22-14-34-59-55(38)56(39)60-52;1-3-14-38(15-4-1)54-53(57(42-16-5-2-6-17-42)61-58(54)51-36-43-18-7-8-20-44(43)46-21-10-12-24-49(46)51)39-27-25-37(26-28-39)45-32-33-50(48-23-11-9-22-47(45)48)52-34-31-41-30-29-40-19-13-35-59-55(40)56(41)60-52/h2*1-36H/i1D,2D,3D,4D,5D,6D,7D,8D,10D,12D,13D,15D,16D,17D,18D,19D,20D,21D,23D,24D,27D,35D,36D;1D,2D,3D,4D,5D,6D,7D,8D,10D,12D,14D,15D,16D,17D,18D,20D,21D,24D,25D,26D,27D,28D,36D. The van der Waals surface area contributed by atoms with Gasteiger partial charge in [-0.2, -0.15) is 0 Å². The summed E-state index contributed by atoms with van der Waals surface area (Å²) in [4.78, 5) is 19.3. The molecule has 0 spiro atoms. The number of furan rings is 2. The maximum Gasteiger partial charge on any atom is 0.143 e. The van der Waals surface area contributed by atoms with Crippen molar-refractivity contribution in [2.75, 3.05) is 0 Å². The van der Waals surface area contributed by atoms with Crippen LogP contribution in [-0.4, -0.2) is 19.9 Å². The summed E-state index contributed by atoms with van der Waals surface area (Å²) in [6, 6.07) is 0.878. The molecule has 6 nitrogen and oxygen atoms in total. The largest absolute Gasteiger partial charge is 0.455 e. The normalized spacial score (nSPS) is 16.9. The number of hydrogen-bond acceptors (Lipinski definition) is 6. The Morgan fingerprint density at radius 3 is 0.975 bits per heavy atom. The molecule has 0 bridgehead atoms. The fourth-order valence-corrected chi connectivity index (χ4v) is 15.7. The zero-order valence-corrected chi connectivity index (χ0v) is 62.6. The lowest BCUT2D eigenvalue weighted by atomic mass is 9.87. The van der Waals surface area contributed by atoms with Gasteiger partial charge in [0.25, 0.3) is 0 Å². The minimum atomic E-state index is -1.03. The highest BCUT2D eigenvalue weighted by atomic mass is 16.3. The van der Waals surface area contributed by atoms with Crippen LogP contribution in [0.2, 0.25) is 0 Å². The third kappa shape index (κ3) is 12.3. The monoisotopic (exact) mass is 1600 g/mol. The van der Waals surface area contributed by atoms with Crippen LogP contribution in [0.25, 0.3) is 243 Å². The Morgan fingerprint density at radius 1 is 0.189 bits per heavy atom. The highest BCUT2D eigenvalue weighted by Gasteiger charge is 2.30. The van der Waals surface area contributed by atoms with Crippen molar-refractivity contribution in [2.45, 2.75) is 0 Å². The minimum absolute atomic E-state index is 0.128. The second-order valence-corrected chi connectivity index (χ2v) is 27.8. The first kappa shape index (κ1) is 38.4. The van der Waals surface area contributed by atoms with Gasteiger partial charge in [-0.3, -0.25) is 9.97 Å². The molecule has 0 radical (unpaired) electrons. The molecule has 0 amide bonds. The molecule has 0 aliphatic heterocycles. The molecule has 0 aliphatic carbocycles. The SMILES string of the molecule is [2H]c1c([2H])c([2H])c(-c2oc(-c3c([2H])c4c([2H])c([2H])c([2H])c([2H])c4c4c([2H])c([2H])c([2H])c([2H])c34)c(-c3c([2H])c([2H])c([2H])c([2H])c3[2H])c2-c2c([2H])c([2H])c(-c3ccc(-c4ccc5ccc6cccnc6c5n4)c4ccccc34)c([2H])c2[2H])c([2H])c1[2H].[2H]c1c([2H])c([2H])c(-c2oc(-c3c([2H])c4c([2H])c([2H])c([2H])c([2H])c4c4c([2H])c([2H])c([2H])c([2H])c34)c(-c3c([2H])c([2H])c([2H])c([2H])c3[2H])c2-c2c([2H])c([2H])c([2H])c(-c3ccc(-c4ccc5ccc6cccnc6c5n4)c4ccccc34)c2[2H])c([2H])c1[2H]. The maximum absolute atomic E-state index is 10.3. The van der Waals surface area contributed by atoms with Crippen LogP contribution in [0.5, 0.6) is 0 Å². The summed E-state index contributed by atoms with van der Waals surface area (Å²) in [5, 5.41) is 0.359. The second-order valence-electron chi connectivity index (χ2n) is 27.8. The number of aromatic nitrogens is 4. The maximum atomic E-state index is 10.3. The van der Waals surface area contributed by atoms with Gasteiger partial charge < -0.3 is 8.83 Å². The zero-order valence-electron chi connectivity index (χ0n) is 109. The van der Waals surface area contributed by atoms with Gasteiger partial charge in [0.15, 0.2) is 0 Å². The third-order valence-corrected chi connectivity index (χ3v) is 21.0. The van der Waals surface area contributed by atoms with Crippen molar-refractivity contribution in [3.63, 3.8) is 0 Å². The predicted octanol–water partition coefficient (Wildman–Crippen LogP) is 31.7. The molecule has 6 heterocycles. The van der Waals surface area contributed by atoms with Crippen LogP contribution in [0.3, 0.4) is 0 Å². The van der Waals surface area contributed by atoms with Gasteiger partial charge in [0.05, 0.1) is 96.5 Å². The van der Waals surface area contributed by atoms with Crippen LogP contribution < -0.4 is 0 Å². The number of rotatable bonds is 12. The van der Waals surface area contributed by atoms with E-state index in [1.165, 1.54) is 0 Å². The topological polar surface area (TPSA) is 77.8 Å². The molecule has 0 atom stereocenters. The van der Waals surface area contributed by atoms with Crippen LogP contribution >= 0.6 is 0 Å². The summed E-state index contributed by atoms with van der Waals surface area (Å²) in [7, 11) is 0. The molecule has 0 saturated heterocycles. The number of nitrogens with zero attached hydrogens (tertiary/aromatic N) is 4. The van der Waals surface area contributed by atoms with Crippen LogP contribution in [0.15, 0.2) is 445 Å². The van der Waals surface area contributed by atoms with Crippen LogP contribution in [-0.2, 0) is 0 Å². The Hall–Kier alpha value is -16.3. The zero-order chi connectivity index (χ0) is 121. The molecule has 0 unspecified atom stereocenters. The number of pyridine rings is 4. The summed E-state index contributed by atoms with van der Waals surface area (Å²) in [6.07, 6.45) is 3.33. The quantitative estimate of drug-likeness (QED) is 0.113. The van der Waals surface area contributed by atoms with Crippen LogP contribution in [0.4, 0.5) is 0 Å². The fraction of sp³-hybridized carbons (Fsp3) is 0. The van der Waals surface area contributed by atoms with Gasteiger partial charge in [-0.15, -0.1) is 0 Å². The fourth-order valence-electron chi connectivity index (χ4n) is 15.7. The van der Waals surface area contributed by atoms with Gasteiger partial charge in [0, 0.05) is 89.6 Å². The molecular weight excluding hydrogens is 1480 g/mol. The van der Waals surface area contributed by atoms with E-state index < -0.39 is 411 Å². The van der Waals surface area contributed by atoms with Crippen molar-refractivity contribution in [1.82, 2.24) is 19.9 Å². The summed E-state index contributed by atoms with van der Waals surface area (Å²) < 4.78 is 436. The van der Waals surface area contributed by atoms with E-state index in [0.29, 0.717) is 66.1 Å². The van der Waals surface area contributed by atoms with Crippen molar-refractivity contribution < 1.29 is 71.9 Å². The Kier molecular flexibility index (Phi) is 9.45. The Morgan fingerprint density at radius 2 is 0.516 bits per heavy atom. The lowest BCUT2D eigenvalue weighted by Crippen LogP contribution is -1.91. The van der Waals surface area contributed by atoms with Gasteiger partial charge in [-0.25, -0.2) is 9.97 Å². The molecule has 0 fully saturated rings. The van der Waals surface area contributed by atoms with Gasteiger partial charge in [-0.1, -0.05) is 381 Å². The first-order valence-electron chi connectivity index (χ1n) is 60.7. The average molecular weight is 1600 g/mol. The minimum Gasteiger partial charge on any atom is -0.455 e.